The van der Waals surface area contributed by atoms with Crippen LogP contribution in [-0.4, -0.2) is 89.5 Å². The van der Waals surface area contributed by atoms with Crippen LogP contribution in [0.25, 0.3) is 0 Å². The summed E-state index contributed by atoms with van der Waals surface area (Å²) < 4.78 is 5.60. The molecule has 1 unspecified atom stereocenters. The summed E-state index contributed by atoms with van der Waals surface area (Å²) in [6.07, 6.45) is 11.6. The van der Waals surface area contributed by atoms with E-state index in [0.717, 1.165) is 108 Å². The van der Waals surface area contributed by atoms with Crippen molar-refractivity contribution in [1.29, 1.82) is 0 Å². The van der Waals surface area contributed by atoms with Crippen molar-refractivity contribution in [1.82, 2.24) is 19.7 Å². The first-order valence-electron chi connectivity index (χ1n) is 15.6. The van der Waals surface area contributed by atoms with Gasteiger partial charge in [-0.15, -0.1) is 0 Å². The van der Waals surface area contributed by atoms with E-state index in [2.05, 4.69) is 28.6 Å². The summed E-state index contributed by atoms with van der Waals surface area (Å²) in [6, 6.07) is 1.93. The average Bonchev–Trinajstić information content (AvgIpc) is 3.43. The van der Waals surface area contributed by atoms with Gasteiger partial charge in [0.25, 0.3) is 5.91 Å². The van der Waals surface area contributed by atoms with Crippen LogP contribution >= 0.6 is 0 Å². The van der Waals surface area contributed by atoms with E-state index in [9.17, 15) is 9.59 Å². The Labute approximate surface area is 235 Å². The van der Waals surface area contributed by atoms with Crippen molar-refractivity contribution in [3.63, 3.8) is 0 Å². The number of nitrogens with zero attached hydrogens (tertiary/aromatic N) is 4. The van der Waals surface area contributed by atoms with Crippen molar-refractivity contribution in [2.75, 3.05) is 52.5 Å². The lowest BCUT2D eigenvalue weighted by atomic mass is 9.62. The standard InChI is InChI=1S/C32H50N4O3/c1-5-6-7-27-22-35(21-26-9-19-39-23-26)28(37)20-32(27)12-17-36(18-13-32)31(4)10-15-34(16-11-31)30(38)29-24(2)8-14-33-25(29)3/h8,14,26-27H,5-7,9-13,15-23H2,1-4H3/t26-,27?/m0/s1. The van der Waals surface area contributed by atoms with Crippen LogP contribution < -0.4 is 0 Å². The molecule has 0 aromatic carbocycles. The Hall–Kier alpha value is -1.99. The third-order valence-electron chi connectivity index (χ3n) is 10.8. The van der Waals surface area contributed by atoms with Crippen LogP contribution in [0.1, 0.15) is 93.3 Å². The summed E-state index contributed by atoms with van der Waals surface area (Å²) in [4.78, 5) is 38.1. The fourth-order valence-electron chi connectivity index (χ4n) is 7.94. The SMILES string of the molecule is CCCCC1CN(C[C@@H]2CCOC2)C(=O)CC12CCN(C1(C)CCN(C(=O)c3c(C)ccnc3C)CC1)CC2. The Morgan fingerprint density at radius 3 is 2.51 bits per heavy atom. The van der Waals surface area contributed by atoms with Gasteiger partial charge in [-0.1, -0.05) is 19.8 Å². The quantitative estimate of drug-likeness (QED) is 0.497. The number of carbonyl (C=O) groups is 2. The van der Waals surface area contributed by atoms with Crippen LogP contribution in [0.5, 0.6) is 0 Å². The maximum absolute atomic E-state index is 13.4. The Balaban J connectivity index is 1.20. The van der Waals surface area contributed by atoms with Crippen molar-refractivity contribution >= 4 is 11.8 Å². The molecule has 216 valence electrons. The zero-order chi connectivity index (χ0) is 27.6. The molecule has 2 amide bonds. The van der Waals surface area contributed by atoms with Crippen molar-refractivity contribution in [3.8, 4) is 0 Å². The van der Waals surface area contributed by atoms with Crippen LogP contribution in [0.4, 0.5) is 0 Å². The molecule has 39 heavy (non-hydrogen) atoms. The molecule has 4 aliphatic heterocycles. The number of rotatable bonds is 7. The third-order valence-corrected chi connectivity index (χ3v) is 10.8. The number of aromatic nitrogens is 1. The fraction of sp³-hybridized carbons (Fsp3) is 0.781. The van der Waals surface area contributed by atoms with Gasteiger partial charge in [-0.2, -0.15) is 0 Å². The monoisotopic (exact) mass is 538 g/mol. The van der Waals surface area contributed by atoms with Crippen LogP contribution in [0.15, 0.2) is 12.3 Å². The Kier molecular flexibility index (Phi) is 8.68. The fourth-order valence-corrected chi connectivity index (χ4v) is 7.94. The van der Waals surface area contributed by atoms with E-state index in [1.54, 1.807) is 6.20 Å². The lowest BCUT2D eigenvalue weighted by molar-refractivity contribution is -0.147. The lowest BCUT2D eigenvalue weighted by Gasteiger charge is -2.55. The van der Waals surface area contributed by atoms with Crippen LogP contribution in [-0.2, 0) is 9.53 Å². The average molecular weight is 539 g/mol. The van der Waals surface area contributed by atoms with Crippen LogP contribution in [0, 0.1) is 31.1 Å². The van der Waals surface area contributed by atoms with E-state index in [4.69, 9.17) is 4.74 Å². The van der Waals surface area contributed by atoms with Crippen molar-refractivity contribution in [2.24, 2.45) is 17.3 Å². The van der Waals surface area contributed by atoms with Gasteiger partial charge in [0, 0.05) is 56.9 Å². The van der Waals surface area contributed by atoms with Crippen molar-refractivity contribution < 1.29 is 14.3 Å². The van der Waals surface area contributed by atoms with Gasteiger partial charge in [-0.05, 0) is 95.3 Å². The van der Waals surface area contributed by atoms with E-state index >= 15 is 0 Å². The van der Waals surface area contributed by atoms with Gasteiger partial charge in [0.15, 0.2) is 0 Å². The summed E-state index contributed by atoms with van der Waals surface area (Å²) in [7, 11) is 0. The lowest BCUT2D eigenvalue weighted by Crippen LogP contribution is -2.60. The molecule has 0 N–H and O–H groups in total. The molecule has 4 saturated heterocycles. The number of unbranched alkanes of at least 4 members (excludes halogenated alkanes) is 1. The molecule has 0 radical (unpaired) electrons. The second-order valence-electron chi connectivity index (χ2n) is 13.3. The molecule has 5 rings (SSSR count). The molecule has 1 aromatic rings. The second kappa shape index (κ2) is 11.9. The summed E-state index contributed by atoms with van der Waals surface area (Å²) >= 11 is 0. The van der Waals surface area contributed by atoms with Gasteiger partial charge in [-0.3, -0.25) is 19.5 Å². The van der Waals surface area contributed by atoms with Crippen LogP contribution in [0.2, 0.25) is 0 Å². The Morgan fingerprint density at radius 1 is 1.13 bits per heavy atom. The van der Waals surface area contributed by atoms with Gasteiger partial charge in [0.1, 0.15) is 0 Å². The molecule has 7 nitrogen and oxygen atoms in total. The number of amides is 2. The van der Waals surface area contributed by atoms with E-state index in [1.165, 1.54) is 19.3 Å². The smallest absolute Gasteiger partial charge is 0.255 e. The molecule has 0 aliphatic carbocycles. The zero-order valence-corrected chi connectivity index (χ0v) is 24.8. The minimum atomic E-state index is 0.115. The normalized spacial score (nSPS) is 27.3. The highest BCUT2D eigenvalue weighted by Gasteiger charge is 2.50. The van der Waals surface area contributed by atoms with E-state index in [1.807, 2.05) is 24.8 Å². The van der Waals surface area contributed by atoms with Crippen LogP contribution in [0.3, 0.4) is 0 Å². The van der Waals surface area contributed by atoms with E-state index in [-0.39, 0.29) is 16.9 Å². The van der Waals surface area contributed by atoms with E-state index in [0.29, 0.717) is 17.7 Å². The predicted octanol–water partition coefficient (Wildman–Crippen LogP) is 4.85. The summed E-state index contributed by atoms with van der Waals surface area (Å²) in [6.45, 7) is 15.8. The molecule has 5 heterocycles. The molecule has 1 aromatic heterocycles. The maximum Gasteiger partial charge on any atom is 0.255 e. The first-order valence-corrected chi connectivity index (χ1v) is 15.6. The molecular weight excluding hydrogens is 488 g/mol. The molecule has 4 aliphatic rings. The largest absolute Gasteiger partial charge is 0.381 e. The van der Waals surface area contributed by atoms with E-state index < -0.39 is 0 Å². The molecule has 0 bridgehead atoms. The molecule has 4 fully saturated rings. The predicted molar refractivity (Wildman–Crippen MR) is 154 cm³/mol. The Morgan fingerprint density at radius 2 is 1.87 bits per heavy atom. The number of aryl methyl sites for hydroxylation is 2. The Bertz CT molecular complexity index is 1000. The molecule has 2 atom stereocenters. The van der Waals surface area contributed by atoms with Gasteiger partial charge in [-0.25, -0.2) is 0 Å². The number of likely N-dealkylation sites (tertiary alicyclic amines) is 3. The molecule has 1 spiro atoms. The van der Waals surface area contributed by atoms with Crippen molar-refractivity contribution in [3.05, 3.63) is 29.1 Å². The summed E-state index contributed by atoms with van der Waals surface area (Å²) in [5.74, 6) is 1.63. The molecule has 0 saturated carbocycles. The maximum atomic E-state index is 13.4. The van der Waals surface area contributed by atoms with Gasteiger partial charge in [0.2, 0.25) is 5.91 Å². The molecular formula is C32H50N4O3. The van der Waals surface area contributed by atoms with Gasteiger partial charge in [0.05, 0.1) is 17.9 Å². The minimum Gasteiger partial charge on any atom is -0.381 e. The number of carbonyl (C=O) groups excluding carboxylic acids is 2. The minimum absolute atomic E-state index is 0.115. The number of ether oxygens (including phenoxy) is 1. The van der Waals surface area contributed by atoms with Gasteiger partial charge >= 0.3 is 0 Å². The highest BCUT2D eigenvalue weighted by atomic mass is 16.5. The highest BCUT2D eigenvalue weighted by molar-refractivity contribution is 5.96. The van der Waals surface area contributed by atoms with Gasteiger partial charge < -0.3 is 14.5 Å². The number of piperidine rings is 3. The summed E-state index contributed by atoms with van der Waals surface area (Å²) in [5, 5.41) is 0. The molecule has 7 heteroatoms. The first-order chi connectivity index (χ1) is 18.7. The summed E-state index contributed by atoms with van der Waals surface area (Å²) in [5.41, 5.74) is 2.88. The highest BCUT2D eigenvalue weighted by Crippen LogP contribution is 2.49. The number of pyridine rings is 1. The zero-order valence-electron chi connectivity index (χ0n) is 24.8. The third kappa shape index (κ3) is 5.90. The number of hydrogen-bond donors (Lipinski definition) is 0. The topological polar surface area (TPSA) is 66.0 Å². The number of hydrogen-bond acceptors (Lipinski definition) is 5. The second-order valence-corrected chi connectivity index (χ2v) is 13.3. The van der Waals surface area contributed by atoms with Crippen molar-refractivity contribution in [2.45, 2.75) is 91.0 Å². The first kappa shape index (κ1) is 28.5.